The van der Waals surface area contributed by atoms with E-state index in [1.54, 1.807) is 19.0 Å². The van der Waals surface area contributed by atoms with Crippen LogP contribution in [0, 0.1) is 0 Å². The SMILES string of the molecule is CN(C)C(=O)CN(C)C1CCC2(CC1)OCCO2. The Morgan fingerprint density at radius 2 is 1.72 bits per heavy atom. The van der Waals surface area contributed by atoms with Crippen LogP contribution in [0.5, 0.6) is 0 Å². The van der Waals surface area contributed by atoms with Crippen LogP contribution in [0.2, 0.25) is 0 Å². The van der Waals surface area contributed by atoms with E-state index in [-0.39, 0.29) is 11.7 Å². The normalized spacial score (nSPS) is 23.8. The summed E-state index contributed by atoms with van der Waals surface area (Å²) in [4.78, 5) is 15.5. The fourth-order valence-corrected chi connectivity index (χ4v) is 2.75. The van der Waals surface area contributed by atoms with E-state index in [1.807, 2.05) is 7.05 Å². The Morgan fingerprint density at radius 3 is 2.22 bits per heavy atom. The number of likely N-dealkylation sites (N-methyl/N-ethyl adjacent to an activating group) is 2. The number of hydrogen-bond donors (Lipinski definition) is 0. The van der Waals surface area contributed by atoms with E-state index in [0.717, 1.165) is 38.9 Å². The van der Waals surface area contributed by atoms with Crippen molar-refractivity contribution in [3.63, 3.8) is 0 Å². The molecule has 1 amide bonds. The number of ether oxygens (including phenoxy) is 2. The summed E-state index contributed by atoms with van der Waals surface area (Å²) in [5, 5.41) is 0. The minimum absolute atomic E-state index is 0.158. The molecule has 0 aromatic rings. The highest BCUT2D eigenvalue weighted by atomic mass is 16.7. The van der Waals surface area contributed by atoms with E-state index < -0.39 is 0 Å². The second kappa shape index (κ2) is 5.55. The van der Waals surface area contributed by atoms with Crippen LogP contribution in [-0.2, 0) is 14.3 Å². The quantitative estimate of drug-likeness (QED) is 0.745. The Hall–Kier alpha value is -0.650. The molecule has 0 aromatic carbocycles. The summed E-state index contributed by atoms with van der Waals surface area (Å²) < 4.78 is 11.4. The van der Waals surface area contributed by atoms with Gasteiger partial charge in [-0.2, -0.15) is 0 Å². The smallest absolute Gasteiger partial charge is 0.236 e. The van der Waals surface area contributed by atoms with Crippen LogP contribution >= 0.6 is 0 Å². The molecule has 5 heteroatoms. The van der Waals surface area contributed by atoms with Crippen LogP contribution in [0.4, 0.5) is 0 Å². The monoisotopic (exact) mass is 256 g/mol. The first-order chi connectivity index (χ1) is 8.52. The van der Waals surface area contributed by atoms with Gasteiger partial charge in [-0.25, -0.2) is 0 Å². The van der Waals surface area contributed by atoms with Gasteiger partial charge in [0, 0.05) is 33.0 Å². The Bertz CT molecular complexity index is 291. The molecule has 2 rings (SSSR count). The summed E-state index contributed by atoms with van der Waals surface area (Å²) in [6.07, 6.45) is 3.96. The molecule has 104 valence electrons. The molecule has 1 saturated carbocycles. The molecular weight excluding hydrogens is 232 g/mol. The number of amides is 1. The van der Waals surface area contributed by atoms with Crippen LogP contribution in [0.1, 0.15) is 25.7 Å². The molecule has 0 bridgehead atoms. The van der Waals surface area contributed by atoms with Gasteiger partial charge in [0.05, 0.1) is 19.8 Å². The molecule has 1 aliphatic heterocycles. The minimum Gasteiger partial charge on any atom is -0.348 e. The highest BCUT2D eigenvalue weighted by Gasteiger charge is 2.41. The highest BCUT2D eigenvalue weighted by Crippen LogP contribution is 2.36. The van der Waals surface area contributed by atoms with Gasteiger partial charge in [-0.3, -0.25) is 9.69 Å². The zero-order chi connectivity index (χ0) is 13.2. The Labute approximate surface area is 109 Å². The maximum absolute atomic E-state index is 11.7. The molecule has 2 fully saturated rings. The van der Waals surface area contributed by atoms with Crippen molar-refractivity contribution in [2.75, 3.05) is 40.9 Å². The summed E-state index contributed by atoms with van der Waals surface area (Å²) in [6.45, 7) is 1.94. The van der Waals surface area contributed by atoms with Gasteiger partial charge in [0.2, 0.25) is 5.91 Å². The number of carbonyl (C=O) groups excluding carboxylic acids is 1. The molecule has 2 aliphatic rings. The van der Waals surface area contributed by atoms with Gasteiger partial charge >= 0.3 is 0 Å². The summed E-state index contributed by atoms with van der Waals surface area (Å²) in [7, 11) is 5.62. The van der Waals surface area contributed by atoms with Gasteiger partial charge in [0.15, 0.2) is 5.79 Å². The molecule has 0 N–H and O–H groups in total. The minimum atomic E-state index is -0.303. The lowest BCUT2D eigenvalue weighted by Gasteiger charge is -2.39. The van der Waals surface area contributed by atoms with Crippen LogP contribution in [0.15, 0.2) is 0 Å². The van der Waals surface area contributed by atoms with Crippen molar-refractivity contribution < 1.29 is 14.3 Å². The molecule has 1 heterocycles. The van der Waals surface area contributed by atoms with Crippen molar-refractivity contribution in [2.45, 2.75) is 37.5 Å². The molecular formula is C13H24N2O3. The van der Waals surface area contributed by atoms with Crippen LogP contribution < -0.4 is 0 Å². The third-order valence-electron chi connectivity index (χ3n) is 4.04. The fraction of sp³-hybridized carbons (Fsp3) is 0.923. The molecule has 1 saturated heterocycles. The van der Waals surface area contributed by atoms with Gasteiger partial charge in [-0.05, 0) is 19.9 Å². The third-order valence-corrected chi connectivity index (χ3v) is 4.04. The molecule has 0 aromatic heterocycles. The van der Waals surface area contributed by atoms with Crippen molar-refractivity contribution >= 4 is 5.91 Å². The Morgan fingerprint density at radius 1 is 1.17 bits per heavy atom. The standard InChI is InChI=1S/C13H24N2O3/c1-14(2)12(16)10-15(3)11-4-6-13(7-5-11)17-8-9-18-13/h11H,4-10H2,1-3H3. The Kier molecular flexibility index (Phi) is 4.25. The number of nitrogens with zero attached hydrogens (tertiary/aromatic N) is 2. The highest BCUT2D eigenvalue weighted by molar-refractivity contribution is 5.77. The third kappa shape index (κ3) is 3.02. The largest absolute Gasteiger partial charge is 0.348 e. The van der Waals surface area contributed by atoms with Crippen molar-refractivity contribution in [3.8, 4) is 0 Å². The van der Waals surface area contributed by atoms with Gasteiger partial charge < -0.3 is 14.4 Å². The Balaban J connectivity index is 1.80. The van der Waals surface area contributed by atoms with E-state index in [9.17, 15) is 4.79 Å². The van der Waals surface area contributed by atoms with E-state index in [1.165, 1.54) is 0 Å². The van der Waals surface area contributed by atoms with Crippen LogP contribution in [0.3, 0.4) is 0 Å². The molecule has 1 aliphatic carbocycles. The van der Waals surface area contributed by atoms with Crippen molar-refractivity contribution in [3.05, 3.63) is 0 Å². The van der Waals surface area contributed by atoms with Crippen LogP contribution in [-0.4, -0.2) is 68.4 Å². The van der Waals surface area contributed by atoms with Crippen LogP contribution in [0.25, 0.3) is 0 Å². The summed E-state index contributed by atoms with van der Waals surface area (Å²) in [5.41, 5.74) is 0. The van der Waals surface area contributed by atoms with Gasteiger partial charge in [-0.1, -0.05) is 0 Å². The topological polar surface area (TPSA) is 42.0 Å². The summed E-state index contributed by atoms with van der Waals surface area (Å²) >= 11 is 0. The first-order valence-electron chi connectivity index (χ1n) is 6.71. The molecule has 18 heavy (non-hydrogen) atoms. The number of carbonyl (C=O) groups is 1. The number of hydrogen-bond acceptors (Lipinski definition) is 4. The van der Waals surface area contributed by atoms with E-state index >= 15 is 0 Å². The van der Waals surface area contributed by atoms with Gasteiger partial charge in [-0.15, -0.1) is 0 Å². The average molecular weight is 256 g/mol. The van der Waals surface area contributed by atoms with Crippen molar-refractivity contribution in [2.24, 2.45) is 0 Å². The van der Waals surface area contributed by atoms with E-state index in [4.69, 9.17) is 9.47 Å². The lowest BCUT2D eigenvalue weighted by Crippen LogP contribution is -2.45. The van der Waals surface area contributed by atoms with Crippen molar-refractivity contribution in [1.29, 1.82) is 0 Å². The fourth-order valence-electron chi connectivity index (χ4n) is 2.75. The maximum Gasteiger partial charge on any atom is 0.236 e. The molecule has 1 spiro atoms. The van der Waals surface area contributed by atoms with E-state index in [0.29, 0.717) is 12.6 Å². The first kappa shape index (κ1) is 13.8. The lowest BCUT2D eigenvalue weighted by atomic mass is 9.89. The molecule has 0 unspecified atom stereocenters. The predicted octanol–water partition coefficient (Wildman–Crippen LogP) is 0.692. The average Bonchev–Trinajstić information content (AvgIpc) is 2.78. The van der Waals surface area contributed by atoms with Crippen molar-refractivity contribution in [1.82, 2.24) is 9.80 Å². The second-order valence-electron chi connectivity index (χ2n) is 5.54. The van der Waals surface area contributed by atoms with Gasteiger partial charge in [0.25, 0.3) is 0 Å². The molecule has 5 nitrogen and oxygen atoms in total. The molecule has 0 atom stereocenters. The maximum atomic E-state index is 11.7. The predicted molar refractivity (Wildman–Crippen MR) is 68.2 cm³/mol. The zero-order valence-corrected chi connectivity index (χ0v) is 11.6. The summed E-state index contributed by atoms with van der Waals surface area (Å²) in [5.74, 6) is -0.144. The van der Waals surface area contributed by atoms with Gasteiger partial charge in [0.1, 0.15) is 0 Å². The molecule has 0 radical (unpaired) electrons. The zero-order valence-electron chi connectivity index (χ0n) is 11.6. The second-order valence-corrected chi connectivity index (χ2v) is 5.54. The van der Waals surface area contributed by atoms with E-state index in [2.05, 4.69) is 4.90 Å². The first-order valence-corrected chi connectivity index (χ1v) is 6.71. The number of rotatable bonds is 3. The lowest BCUT2D eigenvalue weighted by molar-refractivity contribution is -0.183. The summed E-state index contributed by atoms with van der Waals surface area (Å²) in [6, 6.07) is 0.465.